The maximum absolute atomic E-state index is 12.7. The molecule has 0 aliphatic carbocycles. The number of ether oxygens (including phenoxy) is 2. The second kappa shape index (κ2) is 9.80. The van der Waals surface area contributed by atoms with Crippen molar-refractivity contribution in [1.29, 1.82) is 0 Å². The highest BCUT2D eigenvalue weighted by atomic mass is 32.2. The fraction of sp³-hybridized carbons (Fsp3) is 0.261. The predicted molar refractivity (Wildman–Crippen MR) is 120 cm³/mol. The third-order valence-electron chi connectivity index (χ3n) is 4.92. The van der Waals surface area contributed by atoms with Crippen molar-refractivity contribution in [1.82, 2.24) is 10.0 Å². The zero-order valence-corrected chi connectivity index (χ0v) is 18.5. The summed E-state index contributed by atoms with van der Waals surface area (Å²) in [5.41, 5.74) is 0.961. The minimum Gasteiger partial charge on any atom is -0.493 e. The normalized spacial score (nSPS) is 12.4. The molecular formula is C23H26N2O5S. The highest BCUT2D eigenvalue weighted by Crippen LogP contribution is 2.27. The topological polar surface area (TPSA) is 93.7 Å². The number of methoxy groups -OCH3 is 2. The molecule has 1 atom stereocenters. The van der Waals surface area contributed by atoms with E-state index in [9.17, 15) is 13.2 Å². The Morgan fingerprint density at radius 3 is 2.35 bits per heavy atom. The van der Waals surface area contributed by atoms with E-state index in [1.165, 1.54) is 13.0 Å². The van der Waals surface area contributed by atoms with Crippen molar-refractivity contribution < 1.29 is 22.7 Å². The third-order valence-corrected chi connectivity index (χ3v) is 6.46. The standard InChI is InChI=1S/C23H26N2O5S/c1-16(23(26)24-13-12-17-8-11-21(29-2)22(14-17)30-3)25-31(27,28)20-10-9-18-6-4-5-7-19(18)15-20/h4-11,14-16,25H,12-13H2,1-3H3,(H,24,26)/t16-/m1/s1. The van der Waals surface area contributed by atoms with Crippen molar-refractivity contribution in [3.63, 3.8) is 0 Å². The average Bonchev–Trinajstić information content (AvgIpc) is 2.78. The van der Waals surface area contributed by atoms with Gasteiger partial charge < -0.3 is 14.8 Å². The molecule has 0 aliphatic rings. The molecule has 3 aromatic rings. The summed E-state index contributed by atoms with van der Waals surface area (Å²) in [6.45, 7) is 1.88. The number of amides is 1. The van der Waals surface area contributed by atoms with E-state index < -0.39 is 22.0 Å². The quantitative estimate of drug-likeness (QED) is 0.532. The van der Waals surface area contributed by atoms with Gasteiger partial charge in [0.05, 0.1) is 25.2 Å². The zero-order valence-electron chi connectivity index (χ0n) is 17.7. The minimum absolute atomic E-state index is 0.121. The van der Waals surface area contributed by atoms with Crippen LogP contribution in [-0.2, 0) is 21.2 Å². The molecule has 31 heavy (non-hydrogen) atoms. The van der Waals surface area contributed by atoms with Gasteiger partial charge in [0, 0.05) is 6.54 Å². The van der Waals surface area contributed by atoms with Crippen LogP contribution in [0.25, 0.3) is 10.8 Å². The van der Waals surface area contributed by atoms with Crippen LogP contribution in [0.5, 0.6) is 11.5 Å². The maximum atomic E-state index is 12.7. The minimum atomic E-state index is -3.83. The van der Waals surface area contributed by atoms with Gasteiger partial charge in [-0.15, -0.1) is 0 Å². The number of nitrogens with one attached hydrogen (secondary N) is 2. The van der Waals surface area contributed by atoms with Crippen molar-refractivity contribution in [3.05, 3.63) is 66.2 Å². The third kappa shape index (κ3) is 5.53. The van der Waals surface area contributed by atoms with E-state index in [4.69, 9.17) is 9.47 Å². The van der Waals surface area contributed by atoms with Crippen LogP contribution in [0.15, 0.2) is 65.6 Å². The molecule has 0 saturated heterocycles. The number of carbonyl (C=O) groups excluding carboxylic acids is 1. The molecule has 0 unspecified atom stereocenters. The second-order valence-electron chi connectivity index (χ2n) is 7.08. The average molecular weight is 443 g/mol. The lowest BCUT2D eigenvalue weighted by atomic mass is 10.1. The molecule has 0 aliphatic heterocycles. The maximum Gasteiger partial charge on any atom is 0.241 e. The Labute approximate surface area is 182 Å². The zero-order chi connectivity index (χ0) is 22.4. The summed E-state index contributed by atoms with van der Waals surface area (Å²) < 4.78 is 38.3. The molecule has 3 aromatic carbocycles. The van der Waals surface area contributed by atoms with Gasteiger partial charge in [-0.05, 0) is 53.9 Å². The van der Waals surface area contributed by atoms with Gasteiger partial charge in [0.1, 0.15) is 0 Å². The van der Waals surface area contributed by atoms with E-state index in [0.29, 0.717) is 24.5 Å². The van der Waals surface area contributed by atoms with Gasteiger partial charge in [-0.1, -0.05) is 36.4 Å². The summed E-state index contributed by atoms with van der Waals surface area (Å²) in [5.74, 6) is 0.847. The van der Waals surface area contributed by atoms with Crippen molar-refractivity contribution in [2.75, 3.05) is 20.8 Å². The number of fused-ring (bicyclic) bond motifs is 1. The van der Waals surface area contributed by atoms with Crippen molar-refractivity contribution in [3.8, 4) is 11.5 Å². The second-order valence-corrected chi connectivity index (χ2v) is 8.80. The van der Waals surface area contributed by atoms with Gasteiger partial charge >= 0.3 is 0 Å². The van der Waals surface area contributed by atoms with E-state index >= 15 is 0 Å². The Hall–Kier alpha value is -3.10. The van der Waals surface area contributed by atoms with Gasteiger partial charge in [-0.25, -0.2) is 8.42 Å². The number of rotatable bonds is 9. The molecule has 0 aromatic heterocycles. The van der Waals surface area contributed by atoms with E-state index in [1.54, 1.807) is 32.4 Å². The Morgan fingerprint density at radius 1 is 0.935 bits per heavy atom. The number of sulfonamides is 1. The lowest BCUT2D eigenvalue weighted by Gasteiger charge is -2.15. The number of benzene rings is 3. The smallest absolute Gasteiger partial charge is 0.241 e. The summed E-state index contributed by atoms with van der Waals surface area (Å²) in [4.78, 5) is 12.5. The van der Waals surface area contributed by atoms with Crippen LogP contribution >= 0.6 is 0 Å². The molecule has 0 heterocycles. The van der Waals surface area contributed by atoms with E-state index in [1.807, 2.05) is 36.4 Å². The molecule has 8 heteroatoms. The highest BCUT2D eigenvalue weighted by Gasteiger charge is 2.22. The molecule has 0 bridgehead atoms. The van der Waals surface area contributed by atoms with Crippen LogP contribution in [0.3, 0.4) is 0 Å². The van der Waals surface area contributed by atoms with Crippen LogP contribution in [0.2, 0.25) is 0 Å². The van der Waals surface area contributed by atoms with Gasteiger partial charge in [0.2, 0.25) is 15.9 Å². The molecule has 0 radical (unpaired) electrons. The summed E-state index contributed by atoms with van der Waals surface area (Å²) in [7, 11) is -0.701. The lowest BCUT2D eigenvalue weighted by Crippen LogP contribution is -2.45. The molecule has 0 spiro atoms. The molecule has 2 N–H and O–H groups in total. The fourth-order valence-corrected chi connectivity index (χ4v) is 4.45. The largest absolute Gasteiger partial charge is 0.493 e. The molecule has 7 nitrogen and oxygen atoms in total. The van der Waals surface area contributed by atoms with Gasteiger partial charge in [0.15, 0.2) is 11.5 Å². The van der Waals surface area contributed by atoms with Crippen LogP contribution in [0.4, 0.5) is 0 Å². The predicted octanol–water partition coefficient (Wildman–Crippen LogP) is 2.88. The first-order chi connectivity index (χ1) is 14.8. The van der Waals surface area contributed by atoms with E-state index in [0.717, 1.165) is 16.3 Å². The molecule has 164 valence electrons. The Kier molecular flexibility index (Phi) is 7.14. The van der Waals surface area contributed by atoms with Crippen LogP contribution in [-0.4, -0.2) is 41.1 Å². The lowest BCUT2D eigenvalue weighted by molar-refractivity contribution is -0.122. The molecule has 0 fully saturated rings. The molecule has 1 amide bonds. The Bertz CT molecular complexity index is 1180. The summed E-state index contributed by atoms with van der Waals surface area (Å²) in [6.07, 6.45) is 0.566. The Morgan fingerprint density at radius 2 is 1.65 bits per heavy atom. The molecule has 0 saturated carbocycles. The SMILES string of the molecule is COc1ccc(CCNC(=O)[C@@H](C)NS(=O)(=O)c2ccc3ccccc3c2)cc1OC. The summed E-state index contributed by atoms with van der Waals surface area (Å²) >= 11 is 0. The van der Waals surface area contributed by atoms with Crippen molar-refractivity contribution >= 4 is 26.7 Å². The van der Waals surface area contributed by atoms with Crippen LogP contribution < -0.4 is 19.5 Å². The van der Waals surface area contributed by atoms with Gasteiger partial charge in [0.25, 0.3) is 0 Å². The monoisotopic (exact) mass is 442 g/mol. The number of hydrogen-bond donors (Lipinski definition) is 2. The van der Waals surface area contributed by atoms with Crippen LogP contribution in [0.1, 0.15) is 12.5 Å². The van der Waals surface area contributed by atoms with Gasteiger partial charge in [-0.3, -0.25) is 4.79 Å². The van der Waals surface area contributed by atoms with Gasteiger partial charge in [-0.2, -0.15) is 4.72 Å². The molecular weight excluding hydrogens is 416 g/mol. The van der Waals surface area contributed by atoms with Crippen molar-refractivity contribution in [2.45, 2.75) is 24.3 Å². The first-order valence-electron chi connectivity index (χ1n) is 9.84. The summed E-state index contributed by atoms with van der Waals surface area (Å²) in [6, 6.07) is 17.0. The van der Waals surface area contributed by atoms with E-state index in [-0.39, 0.29) is 4.90 Å². The summed E-state index contributed by atoms with van der Waals surface area (Å²) in [5, 5.41) is 4.53. The number of hydrogen-bond acceptors (Lipinski definition) is 5. The first-order valence-corrected chi connectivity index (χ1v) is 11.3. The highest BCUT2D eigenvalue weighted by molar-refractivity contribution is 7.89. The molecule has 3 rings (SSSR count). The van der Waals surface area contributed by atoms with Crippen molar-refractivity contribution in [2.24, 2.45) is 0 Å². The first kappa shape index (κ1) is 22.6. The fourth-order valence-electron chi connectivity index (χ4n) is 3.21. The Balaban J connectivity index is 1.58. The number of carbonyl (C=O) groups is 1. The van der Waals surface area contributed by atoms with E-state index in [2.05, 4.69) is 10.0 Å². The van der Waals surface area contributed by atoms with Crippen LogP contribution in [0, 0.1) is 0 Å².